The summed E-state index contributed by atoms with van der Waals surface area (Å²) in [6.07, 6.45) is 0.745. The molecule has 0 saturated heterocycles. The molecule has 25 heavy (non-hydrogen) atoms. The maximum Gasteiger partial charge on any atom is 0.261 e. The highest BCUT2D eigenvalue weighted by molar-refractivity contribution is 7.92. The maximum atomic E-state index is 12.2. The number of hydrogen-bond donors (Lipinski definition) is 2. The van der Waals surface area contributed by atoms with E-state index in [2.05, 4.69) is 10.0 Å². The summed E-state index contributed by atoms with van der Waals surface area (Å²) >= 11 is 0. The Bertz CT molecular complexity index is 774. The fraction of sp³-hybridized carbons (Fsp3) is 0.278. The summed E-state index contributed by atoms with van der Waals surface area (Å²) in [5, 5.41) is 2.79. The van der Waals surface area contributed by atoms with Crippen LogP contribution in [0, 0.1) is 0 Å². The van der Waals surface area contributed by atoms with E-state index in [1.165, 1.54) is 12.1 Å². The Hall–Kier alpha value is -2.38. The Kier molecular flexibility index (Phi) is 6.97. The van der Waals surface area contributed by atoms with Gasteiger partial charge >= 0.3 is 0 Å². The van der Waals surface area contributed by atoms with Crippen LogP contribution in [0.25, 0.3) is 0 Å². The number of anilines is 1. The number of carbonyl (C=O) groups is 1. The Balaban J connectivity index is 1.92. The van der Waals surface area contributed by atoms with Gasteiger partial charge in [-0.2, -0.15) is 0 Å². The molecule has 0 spiro atoms. The first kappa shape index (κ1) is 19.0. The van der Waals surface area contributed by atoms with Gasteiger partial charge in [0.2, 0.25) is 0 Å². The van der Waals surface area contributed by atoms with Crippen molar-refractivity contribution in [3.05, 3.63) is 60.2 Å². The first-order valence-corrected chi connectivity index (χ1v) is 9.55. The minimum atomic E-state index is -3.63. The van der Waals surface area contributed by atoms with Gasteiger partial charge in [0.25, 0.3) is 15.9 Å². The highest BCUT2D eigenvalue weighted by atomic mass is 32.2. The lowest BCUT2D eigenvalue weighted by Crippen LogP contribution is -2.25. The van der Waals surface area contributed by atoms with Crippen LogP contribution in [0.1, 0.15) is 23.7 Å². The summed E-state index contributed by atoms with van der Waals surface area (Å²) in [7, 11) is -3.63. The molecule has 7 heteroatoms. The lowest BCUT2D eigenvalue weighted by atomic mass is 10.2. The number of rotatable bonds is 9. The molecular weight excluding hydrogens is 340 g/mol. The Morgan fingerprint density at radius 1 is 1.04 bits per heavy atom. The van der Waals surface area contributed by atoms with E-state index < -0.39 is 10.0 Å². The molecule has 134 valence electrons. The third-order valence-corrected chi connectivity index (χ3v) is 4.81. The van der Waals surface area contributed by atoms with Crippen molar-refractivity contribution in [1.82, 2.24) is 5.32 Å². The summed E-state index contributed by atoms with van der Waals surface area (Å²) in [6.45, 7) is 3.72. The van der Waals surface area contributed by atoms with Crippen LogP contribution in [0.4, 0.5) is 5.69 Å². The number of ether oxygens (including phenoxy) is 1. The van der Waals surface area contributed by atoms with Crippen molar-refractivity contribution in [3.63, 3.8) is 0 Å². The number of sulfonamides is 1. The van der Waals surface area contributed by atoms with Crippen LogP contribution in [0.3, 0.4) is 0 Å². The predicted octanol–water partition coefficient (Wildman–Crippen LogP) is 2.64. The van der Waals surface area contributed by atoms with Crippen molar-refractivity contribution in [2.75, 3.05) is 24.5 Å². The van der Waals surface area contributed by atoms with Crippen molar-refractivity contribution < 1.29 is 17.9 Å². The standard InChI is InChI=1S/C18H22N2O4S/c1-2-24-14-6-13-19-18(21)15-9-11-16(12-10-15)20-25(22,23)17-7-4-3-5-8-17/h3-5,7-12,20H,2,6,13-14H2,1H3,(H,19,21). The minimum Gasteiger partial charge on any atom is -0.382 e. The summed E-state index contributed by atoms with van der Waals surface area (Å²) in [4.78, 5) is 12.2. The highest BCUT2D eigenvalue weighted by Crippen LogP contribution is 2.16. The molecule has 0 aliphatic rings. The van der Waals surface area contributed by atoms with Gasteiger partial charge in [-0.3, -0.25) is 9.52 Å². The molecule has 2 aromatic carbocycles. The molecule has 0 fully saturated rings. The number of hydrogen-bond acceptors (Lipinski definition) is 4. The second-order valence-corrected chi connectivity index (χ2v) is 6.98. The van der Waals surface area contributed by atoms with Crippen LogP contribution in [0.2, 0.25) is 0 Å². The van der Waals surface area contributed by atoms with E-state index >= 15 is 0 Å². The van der Waals surface area contributed by atoms with Crippen LogP contribution in [-0.4, -0.2) is 34.1 Å². The molecule has 0 bridgehead atoms. The molecule has 0 aromatic heterocycles. The molecule has 2 aromatic rings. The van der Waals surface area contributed by atoms with E-state index in [0.29, 0.717) is 31.0 Å². The molecule has 0 aliphatic carbocycles. The zero-order chi connectivity index (χ0) is 18.1. The van der Waals surface area contributed by atoms with E-state index in [9.17, 15) is 13.2 Å². The lowest BCUT2D eigenvalue weighted by Gasteiger charge is -2.09. The van der Waals surface area contributed by atoms with Crippen LogP contribution in [-0.2, 0) is 14.8 Å². The SMILES string of the molecule is CCOCCCNC(=O)c1ccc(NS(=O)(=O)c2ccccc2)cc1. The van der Waals surface area contributed by atoms with E-state index in [0.717, 1.165) is 6.42 Å². The zero-order valence-corrected chi connectivity index (χ0v) is 14.9. The van der Waals surface area contributed by atoms with E-state index in [1.54, 1.807) is 42.5 Å². The molecule has 0 saturated carbocycles. The summed E-state index contributed by atoms with van der Waals surface area (Å²) in [6, 6.07) is 14.4. The first-order chi connectivity index (χ1) is 12.0. The first-order valence-electron chi connectivity index (χ1n) is 8.07. The molecule has 0 heterocycles. The van der Waals surface area contributed by atoms with Crippen molar-refractivity contribution in [2.24, 2.45) is 0 Å². The van der Waals surface area contributed by atoms with Gasteiger partial charge in [0, 0.05) is 31.0 Å². The summed E-state index contributed by atoms with van der Waals surface area (Å²) in [5.74, 6) is -0.200. The van der Waals surface area contributed by atoms with Gasteiger partial charge in [0.15, 0.2) is 0 Å². The van der Waals surface area contributed by atoms with Crippen LogP contribution >= 0.6 is 0 Å². The van der Waals surface area contributed by atoms with Gasteiger partial charge in [-0.15, -0.1) is 0 Å². The van der Waals surface area contributed by atoms with E-state index in [4.69, 9.17) is 4.74 Å². The van der Waals surface area contributed by atoms with Gasteiger partial charge in [-0.1, -0.05) is 18.2 Å². The summed E-state index contributed by atoms with van der Waals surface area (Å²) < 4.78 is 32.2. The average Bonchev–Trinajstić information content (AvgIpc) is 2.62. The molecule has 1 amide bonds. The average molecular weight is 362 g/mol. The van der Waals surface area contributed by atoms with Gasteiger partial charge < -0.3 is 10.1 Å². The predicted molar refractivity (Wildman–Crippen MR) is 97.1 cm³/mol. The summed E-state index contributed by atoms with van der Waals surface area (Å²) in [5.41, 5.74) is 0.871. The molecule has 2 N–H and O–H groups in total. The number of benzene rings is 2. The van der Waals surface area contributed by atoms with Crippen molar-refractivity contribution in [2.45, 2.75) is 18.2 Å². The zero-order valence-electron chi connectivity index (χ0n) is 14.1. The van der Waals surface area contributed by atoms with Gasteiger partial charge in [0.1, 0.15) is 0 Å². The number of nitrogens with one attached hydrogen (secondary N) is 2. The monoisotopic (exact) mass is 362 g/mol. The smallest absolute Gasteiger partial charge is 0.261 e. The highest BCUT2D eigenvalue weighted by Gasteiger charge is 2.13. The molecule has 0 aliphatic heterocycles. The molecular formula is C18H22N2O4S. The topological polar surface area (TPSA) is 84.5 Å². The Morgan fingerprint density at radius 2 is 1.72 bits per heavy atom. The number of amides is 1. The fourth-order valence-electron chi connectivity index (χ4n) is 2.13. The number of carbonyl (C=O) groups excluding carboxylic acids is 1. The van der Waals surface area contributed by atoms with Gasteiger partial charge in [-0.05, 0) is 49.7 Å². The maximum absolute atomic E-state index is 12.2. The van der Waals surface area contributed by atoms with Gasteiger partial charge in [0.05, 0.1) is 4.90 Å². The molecule has 0 radical (unpaired) electrons. The molecule has 6 nitrogen and oxygen atoms in total. The van der Waals surface area contributed by atoms with Crippen molar-refractivity contribution in [1.29, 1.82) is 0 Å². The third-order valence-electron chi connectivity index (χ3n) is 3.41. The fourth-order valence-corrected chi connectivity index (χ4v) is 3.21. The quantitative estimate of drug-likeness (QED) is 0.672. The van der Waals surface area contributed by atoms with Crippen molar-refractivity contribution >= 4 is 21.6 Å². The third kappa shape index (κ3) is 5.88. The normalized spacial score (nSPS) is 11.1. The Labute approximate surface area is 148 Å². The molecule has 2 rings (SSSR count). The molecule has 0 unspecified atom stereocenters. The van der Waals surface area contributed by atoms with E-state index in [-0.39, 0.29) is 10.8 Å². The minimum absolute atomic E-state index is 0.186. The molecule has 0 atom stereocenters. The second kappa shape index (κ2) is 9.19. The van der Waals surface area contributed by atoms with Crippen LogP contribution in [0.5, 0.6) is 0 Å². The lowest BCUT2D eigenvalue weighted by molar-refractivity contribution is 0.0944. The Morgan fingerprint density at radius 3 is 2.36 bits per heavy atom. The van der Waals surface area contributed by atoms with Crippen LogP contribution in [0.15, 0.2) is 59.5 Å². The van der Waals surface area contributed by atoms with Crippen LogP contribution < -0.4 is 10.0 Å². The second-order valence-electron chi connectivity index (χ2n) is 5.30. The van der Waals surface area contributed by atoms with Gasteiger partial charge in [-0.25, -0.2) is 8.42 Å². The largest absolute Gasteiger partial charge is 0.382 e. The van der Waals surface area contributed by atoms with E-state index in [1.807, 2.05) is 6.92 Å². The van der Waals surface area contributed by atoms with Crippen molar-refractivity contribution in [3.8, 4) is 0 Å².